The lowest BCUT2D eigenvalue weighted by Gasteiger charge is -2.25. The van der Waals surface area contributed by atoms with E-state index in [1.54, 1.807) is 26.4 Å². The lowest BCUT2D eigenvalue weighted by Crippen LogP contribution is -2.30. The van der Waals surface area contributed by atoms with Crippen LogP contribution in [0.3, 0.4) is 0 Å². The molecule has 92 valence electrons. The summed E-state index contributed by atoms with van der Waals surface area (Å²) in [5, 5.41) is 8.76. The molecular weight excluding hydrogens is 218 g/mol. The average molecular weight is 235 g/mol. The number of nitrogens with zero attached hydrogens (tertiary/aromatic N) is 1. The van der Waals surface area contributed by atoms with E-state index in [2.05, 4.69) is 6.07 Å². The molecule has 0 amide bonds. The lowest BCUT2D eigenvalue weighted by molar-refractivity contribution is -0.134. The Morgan fingerprint density at radius 2 is 2.00 bits per heavy atom. The van der Waals surface area contributed by atoms with Crippen molar-refractivity contribution < 1.29 is 14.2 Å². The van der Waals surface area contributed by atoms with Crippen LogP contribution in [0.4, 0.5) is 0 Å². The Kier molecular flexibility index (Phi) is 4.36. The van der Waals surface area contributed by atoms with Crippen molar-refractivity contribution in [2.24, 2.45) is 0 Å². The van der Waals surface area contributed by atoms with Crippen LogP contribution >= 0.6 is 0 Å². The zero-order valence-corrected chi connectivity index (χ0v) is 10.6. The average Bonchev–Trinajstić information content (AvgIpc) is 2.31. The van der Waals surface area contributed by atoms with Gasteiger partial charge in [0.15, 0.2) is 0 Å². The first-order valence-electron chi connectivity index (χ1n) is 5.30. The van der Waals surface area contributed by atoms with Gasteiger partial charge < -0.3 is 14.2 Å². The zero-order valence-electron chi connectivity index (χ0n) is 10.6. The molecule has 0 aliphatic carbocycles. The van der Waals surface area contributed by atoms with Crippen molar-refractivity contribution >= 4 is 0 Å². The summed E-state index contributed by atoms with van der Waals surface area (Å²) in [6.45, 7) is 3.62. The predicted molar refractivity (Wildman–Crippen MR) is 64.0 cm³/mol. The van der Waals surface area contributed by atoms with Gasteiger partial charge in [0.2, 0.25) is 5.79 Å². The highest BCUT2D eigenvalue weighted by Crippen LogP contribution is 2.28. The molecule has 0 aromatic heterocycles. The van der Waals surface area contributed by atoms with E-state index in [4.69, 9.17) is 19.5 Å². The molecule has 4 heteroatoms. The number of hydrogen-bond donors (Lipinski definition) is 0. The second-order valence-corrected chi connectivity index (χ2v) is 4.01. The Balaban J connectivity index is 3.05. The van der Waals surface area contributed by atoms with Crippen molar-refractivity contribution in [1.29, 1.82) is 5.26 Å². The molecule has 0 fully saturated rings. The number of methoxy groups -OCH3 is 2. The number of rotatable bonds is 5. The highest BCUT2D eigenvalue weighted by Gasteiger charge is 2.20. The Morgan fingerprint density at radius 1 is 1.29 bits per heavy atom. The van der Waals surface area contributed by atoms with Crippen molar-refractivity contribution in [3.8, 4) is 17.6 Å². The molecule has 0 atom stereocenters. The van der Waals surface area contributed by atoms with E-state index >= 15 is 0 Å². The third-order valence-corrected chi connectivity index (χ3v) is 2.39. The van der Waals surface area contributed by atoms with Gasteiger partial charge in [-0.25, -0.2) is 0 Å². The Bertz CT molecular complexity index is 421. The third kappa shape index (κ3) is 3.65. The van der Waals surface area contributed by atoms with E-state index in [0.717, 1.165) is 5.56 Å². The first-order valence-corrected chi connectivity index (χ1v) is 5.30. The summed E-state index contributed by atoms with van der Waals surface area (Å²) >= 11 is 0. The Morgan fingerprint density at radius 3 is 2.53 bits per heavy atom. The summed E-state index contributed by atoms with van der Waals surface area (Å²) in [5.41, 5.74) is 0.818. The standard InChI is InChI=1S/C13H17NO3/c1-13(2,16-4)17-12-9-11(15-3)6-5-10(12)7-8-14/h5-6,9H,7H2,1-4H3. The number of hydrogen-bond acceptors (Lipinski definition) is 4. The fraction of sp³-hybridized carbons (Fsp3) is 0.462. The van der Waals surface area contributed by atoms with Gasteiger partial charge in [0.1, 0.15) is 11.5 Å². The maximum absolute atomic E-state index is 8.76. The van der Waals surface area contributed by atoms with Gasteiger partial charge in [0, 0.05) is 32.6 Å². The van der Waals surface area contributed by atoms with Gasteiger partial charge in [-0.3, -0.25) is 0 Å². The summed E-state index contributed by atoms with van der Waals surface area (Å²) in [4.78, 5) is 0. The molecule has 0 heterocycles. The lowest BCUT2D eigenvalue weighted by atomic mass is 10.1. The minimum atomic E-state index is -0.740. The molecule has 0 aliphatic heterocycles. The number of nitriles is 1. The Labute approximate surface area is 102 Å². The fourth-order valence-electron chi connectivity index (χ4n) is 1.29. The third-order valence-electron chi connectivity index (χ3n) is 2.39. The van der Waals surface area contributed by atoms with Crippen molar-refractivity contribution in [3.63, 3.8) is 0 Å². The largest absolute Gasteiger partial charge is 0.497 e. The van der Waals surface area contributed by atoms with Gasteiger partial charge in [0.05, 0.1) is 19.6 Å². The van der Waals surface area contributed by atoms with E-state index < -0.39 is 5.79 Å². The normalized spacial score (nSPS) is 10.8. The summed E-state index contributed by atoms with van der Waals surface area (Å²) in [6, 6.07) is 7.49. The van der Waals surface area contributed by atoms with Gasteiger partial charge in [-0.05, 0) is 6.07 Å². The van der Waals surface area contributed by atoms with Crippen molar-refractivity contribution in [2.75, 3.05) is 14.2 Å². The van der Waals surface area contributed by atoms with Crippen LogP contribution in [0, 0.1) is 11.3 Å². The summed E-state index contributed by atoms with van der Waals surface area (Å²) < 4.78 is 16.1. The van der Waals surface area contributed by atoms with Crippen molar-refractivity contribution in [2.45, 2.75) is 26.1 Å². The van der Waals surface area contributed by atoms with Crippen LogP contribution in [0.2, 0.25) is 0 Å². The van der Waals surface area contributed by atoms with Crippen LogP contribution in [0.15, 0.2) is 18.2 Å². The molecule has 1 rings (SSSR count). The molecule has 0 saturated heterocycles. The SMILES string of the molecule is COc1ccc(CC#N)c(OC(C)(C)OC)c1. The van der Waals surface area contributed by atoms with E-state index in [0.29, 0.717) is 17.9 Å². The summed E-state index contributed by atoms with van der Waals surface area (Å²) in [7, 11) is 3.16. The first kappa shape index (κ1) is 13.3. The van der Waals surface area contributed by atoms with Crippen LogP contribution in [0.5, 0.6) is 11.5 Å². The minimum Gasteiger partial charge on any atom is -0.497 e. The molecule has 0 spiro atoms. The fourth-order valence-corrected chi connectivity index (χ4v) is 1.29. The summed E-state index contributed by atoms with van der Waals surface area (Å²) in [5.74, 6) is 0.558. The molecule has 0 radical (unpaired) electrons. The molecule has 4 nitrogen and oxygen atoms in total. The number of benzene rings is 1. The Hall–Kier alpha value is -1.73. The van der Waals surface area contributed by atoms with Gasteiger partial charge in [0.25, 0.3) is 0 Å². The van der Waals surface area contributed by atoms with Crippen LogP contribution < -0.4 is 9.47 Å². The van der Waals surface area contributed by atoms with Crippen LogP contribution in [0.25, 0.3) is 0 Å². The molecule has 1 aromatic carbocycles. The van der Waals surface area contributed by atoms with Gasteiger partial charge >= 0.3 is 0 Å². The molecule has 0 unspecified atom stereocenters. The van der Waals surface area contributed by atoms with Crippen molar-refractivity contribution in [1.82, 2.24) is 0 Å². The molecule has 17 heavy (non-hydrogen) atoms. The molecule has 0 N–H and O–H groups in total. The molecular formula is C13H17NO3. The molecule has 0 saturated carbocycles. The van der Waals surface area contributed by atoms with E-state index in [1.807, 2.05) is 19.9 Å². The highest BCUT2D eigenvalue weighted by atomic mass is 16.7. The van der Waals surface area contributed by atoms with E-state index in [9.17, 15) is 0 Å². The van der Waals surface area contributed by atoms with E-state index in [1.165, 1.54) is 0 Å². The topological polar surface area (TPSA) is 51.5 Å². The van der Waals surface area contributed by atoms with Crippen molar-refractivity contribution in [3.05, 3.63) is 23.8 Å². The molecule has 0 bridgehead atoms. The van der Waals surface area contributed by atoms with Gasteiger partial charge in [-0.15, -0.1) is 0 Å². The second-order valence-electron chi connectivity index (χ2n) is 4.01. The maximum atomic E-state index is 8.76. The molecule has 1 aromatic rings. The maximum Gasteiger partial charge on any atom is 0.204 e. The second kappa shape index (κ2) is 5.55. The highest BCUT2D eigenvalue weighted by molar-refractivity contribution is 5.42. The molecule has 0 aliphatic rings. The minimum absolute atomic E-state index is 0.291. The number of ether oxygens (including phenoxy) is 3. The van der Waals surface area contributed by atoms with Crippen LogP contribution in [-0.2, 0) is 11.2 Å². The van der Waals surface area contributed by atoms with Gasteiger partial charge in [-0.2, -0.15) is 5.26 Å². The summed E-state index contributed by atoms with van der Waals surface area (Å²) in [6.07, 6.45) is 0.291. The monoisotopic (exact) mass is 235 g/mol. The zero-order chi connectivity index (χ0) is 12.9. The van der Waals surface area contributed by atoms with E-state index in [-0.39, 0.29) is 0 Å². The van der Waals surface area contributed by atoms with Crippen LogP contribution in [0.1, 0.15) is 19.4 Å². The smallest absolute Gasteiger partial charge is 0.204 e. The van der Waals surface area contributed by atoms with Crippen LogP contribution in [-0.4, -0.2) is 20.0 Å². The first-order chi connectivity index (χ1) is 8.02. The quantitative estimate of drug-likeness (QED) is 0.736. The predicted octanol–water partition coefficient (Wildman–Crippen LogP) is 2.52. The van der Waals surface area contributed by atoms with Gasteiger partial charge in [-0.1, -0.05) is 6.07 Å².